The van der Waals surface area contributed by atoms with Crippen LogP contribution in [0.5, 0.6) is 0 Å². The fourth-order valence-corrected chi connectivity index (χ4v) is 4.48. The van der Waals surface area contributed by atoms with Crippen LogP contribution in [0.4, 0.5) is 5.69 Å². The Labute approximate surface area is 216 Å². The van der Waals surface area contributed by atoms with Crippen LogP contribution < -0.4 is 9.62 Å². The van der Waals surface area contributed by atoms with Gasteiger partial charge in [-0.2, -0.15) is 0 Å². The van der Waals surface area contributed by atoms with Crippen molar-refractivity contribution in [1.29, 1.82) is 0 Å². The Kier molecular flexibility index (Phi) is 9.71. The number of rotatable bonds is 10. The van der Waals surface area contributed by atoms with E-state index in [9.17, 15) is 22.8 Å². The van der Waals surface area contributed by atoms with Crippen molar-refractivity contribution in [1.82, 2.24) is 10.2 Å². The largest absolute Gasteiger partial charge is 0.352 e. The number of carbonyl (C=O) groups is 3. The van der Waals surface area contributed by atoms with Gasteiger partial charge in [0.2, 0.25) is 21.8 Å². The molecule has 0 heterocycles. The van der Waals surface area contributed by atoms with Crippen molar-refractivity contribution in [2.24, 2.45) is 0 Å². The van der Waals surface area contributed by atoms with Crippen molar-refractivity contribution in [2.45, 2.75) is 46.3 Å². The van der Waals surface area contributed by atoms with Gasteiger partial charge in [-0.3, -0.25) is 18.7 Å². The number of hydrogen-bond donors (Lipinski definition) is 1. The summed E-state index contributed by atoms with van der Waals surface area (Å²) in [4.78, 5) is 39.3. The molecule has 2 rings (SSSR count). The van der Waals surface area contributed by atoms with E-state index in [4.69, 9.17) is 23.2 Å². The highest BCUT2D eigenvalue weighted by Gasteiger charge is 2.30. The zero-order valence-corrected chi connectivity index (χ0v) is 22.5. The van der Waals surface area contributed by atoms with E-state index >= 15 is 0 Å². The quantitative estimate of drug-likeness (QED) is 0.459. The highest BCUT2D eigenvalue weighted by Crippen LogP contribution is 2.25. The van der Waals surface area contributed by atoms with Crippen LogP contribution in [0.2, 0.25) is 10.0 Å². The van der Waals surface area contributed by atoms with Gasteiger partial charge >= 0.3 is 0 Å². The smallest absolute Gasteiger partial charge is 0.244 e. The molecule has 0 radical (unpaired) electrons. The van der Waals surface area contributed by atoms with Gasteiger partial charge in [0, 0.05) is 18.2 Å². The van der Waals surface area contributed by atoms with Crippen LogP contribution in [0.1, 0.15) is 43.6 Å². The SMILES string of the molecule is CC(=O)c1cccc(N(CC(=O)N(Cc2ccc(Cl)c(Cl)c2)C(C)C(=O)NC(C)C)S(C)(=O)=O)c1. The molecule has 1 atom stereocenters. The summed E-state index contributed by atoms with van der Waals surface area (Å²) in [5.41, 5.74) is 1.09. The molecule has 1 unspecified atom stereocenters. The number of amides is 2. The van der Waals surface area contributed by atoms with Gasteiger partial charge in [0.1, 0.15) is 12.6 Å². The molecule has 0 aromatic heterocycles. The van der Waals surface area contributed by atoms with Crippen molar-refractivity contribution >= 4 is 56.5 Å². The zero-order chi connectivity index (χ0) is 26.5. The lowest BCUT2D eigenvalue weighted by Crippen LogP contribution is -2.52. The predicted molar refractivity (Wildman–Crippen MR) is 138 cm³/mol. The summed E-state index contributed by atoms with van der Waals surface area (Å²) in [6, 6.07) is 9.78. The molecule has 11 heteroatoms. The van der Waals surface area contributed by atoms with Crippen LogP contribution in [0.25, 0.3) is 0 Å². The number of halogens is 2. The van der Waals surface area contributed by atoms with Gasteiger partial charge in [0.25, 0.3) is 0 Å². The van der Waals surface area contributed by atoms with Crippen LogP contribution in [0.15, 0.2) is 42.5 Å². The summed E-state index contributed by atoms with van der Waals surface area (Å²) in [5, 5.41) is 3.40. The molecule has 0 aliphatic heterocycles. The summed E-state index contributed by atoms with van der Waals surface area (Å²) in [6.07, 6.45) is 0.971. The minimum atomic E-state index is -3.90. The highest BCUT2D eigenvalue weighted by atomic mass is 35.5. The first-order valence-corrected chi connectivity index (χ1v) is 13.4. The number of carbonyl (C=O) groups excluding carboxylic acids is 3. The third-order valence-corrected chi connectivity index (χ3v) is 7.03. The summed E-state index contributed by atoms with van der Waals surface area (Å²) in [6.45, 7) is 5.94. The van der Waals surface area contributed by atoms with Gasteiger partial charge in [-0.15, -0.1) is 0 Å². The Balaban J connectivity index is 2.45. The maximum absolute atomic E-state index is 13.5. The van der Waals surface area contributed by atoms with Crippen molar-refractivity contribution in [2.75, 3.05) is 17.1 Å². The lowest BCUT2D eigenvalue weighted by atomic mass is 10.1. The molecular weight excluding hydrogens is 513 g/mol. The minimum Gasteiger partial charge on any atom is -0.352 e. The number of ketones is 1. The van der Waals surface area contributed by atoms with Crippen molar-refractivity contribution in [3.05, 3.63) is 63.6 Å². The number of anilines is 1. The molecule has 0 saturated carbocycles. The first kappa shape index (κ1) is 28.6. The number of nitrogens with zero attached hydrogens (tertiary/aromatic N) is 2. The molecule has 2 aromatic carbocycles. The second-order valence-electron chi connectivity index (χ2n) is 8.49. The Morgan fingerprint density at radius 1 is 1.00 bits per heavy atom. The first-order chi connectivity index (χ1) is 16.2. The van der Waals surface area contributed by atoms with E-state index in [-0.39, 0.29) is 29.1 Å². The first-order valence-electron chi connectivity index (χ1n) is 10.8. The number of hydrogen-bond acceptors (Lipinski definition) is 5. The van der Waals surface area contributed by atoms with Crippen LogP contribution in [-0.2, 0) is 26.2 Å². The second-order valence-corrected chi connectivity index (χ2v) is 11.2. The van der Waals surface area contributed by atoms with Gasteiger partial charge < -0.3 is 10.2 Å². The zero-order valence-electron chi connectivity index (χ0n) is 20.2. The molecule has 0 aliphatic carbocycles. The second kappa shape index (κ2) is 11.9. The van der Waals surface area contributed by atoms with E-state index < -0.39 is 34.4 Å². The lowest BCUT2D eigenvalue weighted by molar-refractivity contribution is -0.139. The molecule has 0 fully saturated rings. The molecule has 2 amide bonds. The number of sulfonamides is 1. The summed E-state index contributed by atoms with van der Waals surface area (Å²) in [5.74, 6) is -1.24. The summed E-state index contributed by atoms with van der Waals surface area (Å²) < 4.78 is 26.2. The van der Waals surface area contributed by atoms with E-state index in [2.05, 4.69) is 5.32 Å². The van der Waals surface area contributed by atoms with Gasteiger partial charge in [0.15, 0.2) is 5.78 Å². The van der Waals surface area contributed by atoms with Gasteiger partial charge in [-0.25, -0.2) is 8.42 Å². The Morgan fingerprint density at radius 2 is 1.66 bits per heavy atom. The van der Waals surface area contributed by atoms with Crippen LogP contribution >= 0.6 is 23.2 Å². The fraction of sp³-hybridized carbons (Fsp3) is 0.375. The maximum atomic E-state index is 13.5. The van der Waals surface area contributed by atoms with Crippen LogP contribution in [0, 0.1) is 0 Å². The molecule has 190 valence electrons. The molecule has 0 bridgehead atoms. The molecule has 8 nitrogen and oxygen atoms in total. The van der Waals surface area contributed by atoms with Crippen LogP contribution in [-0.4, -0.2) is 55.8 Å². The molecule has 2 aromatic rings. The van der Waals surface area contributed by atoms with Gasteiger partial charge in [0.05, 0.1) is 22.0 Å². The molecule has 0 saturated heterocycles. The van der Waals surface area contributed by atoms with E-state index in [1.807, 2.05) is 0 Å². The van der Waals surface area contributed by atoms with Crippen LogP contribution in [0.3, 0.4) is 0 Å². The predicted octanol–water partition coefficient (Wildman–Crippen LogP) is 3.90. The standard InChI is InChI=1S/C24H29Cl2N3O5S/c1-15(2)27-24(32)16(3)28(13-18-9-10-21(25)22(26)11-18)23(31)14-29(35(5,33)34)20-8-6-7-19(12-20)17(4)30/h6-12,15-16H,13-14H2,1-5H3,(H,27,32). The lowest BCUT2D eigenvalue weighted by Gasteiger charge is -2.32. The van der Waals surface area contributed by atoms with E-state index in [0.717, 1.165) is 10.6 Å². The topological polar surface area (TPSA) is 104 Å². The Morgan fingerprint density at radius 3 is 2.20 bits per heavy atom. The fourth-order valence-electron chi connectivity index (χ4n) is 3.32. The third kappa shape index (κ3) is 7.95. The van der Waals surface area contributed by atoms with Gasteiger partial charge in [-0.05, 0) is 57.5 Å². The Bertz CT molecular complexity index is 1220. The maximum Gasteiger partial charge on any atom is 0.244 e. The van der Waals surface area contributed by atoms with E-state index in [1.165, 1.54) is 24.0 Å². The van der Waals surface area contributed by atoms with Crippen molar-refractivity contribution < 1.29 is 22.8 Å². The average Bonchev–Trinajstić information content (AvgIpc) is 2.76. The monoisotopic (exact) mass is 541 g/mol. The minimum absolute atomic E-state index is 0.00646. The molecule has 0 spiro atoms. The van der Waals surface area contributed by atoms with E-state index in [1.54, 1.807) is 51.1 Å². The molecule has 1 N–H and O–H groups in total. The third-order valence-electron chi connectivity index (χ3n) is 5.16. The Hall–Kier alpha value is -2.62. The average molecular weight is 542 g/mol. The highest BCUT2D eigenvalue weighted by molar-refractivity contribution is 7.92. The van der Waals surface area contributed by atoms with Gasteiger partial charge in [-0.1, -0.05) is 41.4 Å². The molecule has 35 heavy (non-hydrogen) atoms. The van der Waals surface area contributed by atoms with Crippen molar-refractivity contribution in [3.63, 3.8) is 0 Å². The number of benzene rings is 2. The summed E-state index contributed by atoms with van der Waals surface area (Å²) in [7, 11) is -3.90. The molecular formula is C24H29Cl2N3O5S. The summed E-state index contributed by atoms with van der Waals surface area (Å²) >= 11 is 12.1. The van der Waals surface area contributed by atoms with E-state index in [0.29, 0.717) is 16.1 Å². The number of nitrogens with one attached hydrogen (secondary N) is 1. The molecule has 0 aliphatic rings. The normalized spacial score (nSPS) is 12.2. The van der Waals surface area contributed by atoms with Crippen molar-refractivity contribution in [3.8, 4) is 0 Å². The number of Topliss-reactive ketones (excluding diaryl/α,β-unsaturated/α-hetero) is 1.